The Morgan fingerprint density at radius 2 is 2.22 bits per heavy atom. The van der Waals surface area contributed by atoms with Gasteiger partial charge in [-0.2, -0.15) is 0 Å². The first-order valence-corrected chi connectivity index (χ1v) is 11.5. The second-order valence-electron chi connectivity index (χ2n) is 7.01. The third-order valence-electron chi connectivity index (χ3n) is 5.38. The van der Waals surface area contributed by atoms with E-state index in [2.05, 4.69) is 22.1 Å². The topological polar surface area (TPSA) is 85.8 Å². The molecular weight excluding hydrogens is 384 g/mol. The molecule has 0 bridgehead atoms. The first kappa shape index (κ1) is 20.6. The van der Waals surface area contributed by atoms with Crippen LogP contribution in [0.3, 0.4) is 0 Å². The van der Waals surface area contributed by atoms with Crippen molar-refractivity contribution in [1.29, 1.82) is 0 Å². The molecular formula is C18H28N4O3S2. The van der Waals surface area contributed by atoms with Crippen LogP contribution in [-0.4, -0.2) is 82.3 Å². The van der Waals surface area contributed by atoms with Crippen LogP contribution in [-0.2, 0) is 4.79 Å². The average Bonchev–Trinajstić information content (AvgIpc) is 3.37. The summed E-state index contributed by atoms with van der Waals surface area (Å²) in [6.45, 7) is 7.06. The lowest BCUT2D eigenvalue weighted by atomic mass is 10.2. The zero-order chi connectivity index (χ0) is 19.2. The molecule has 2 fully saturated rings. The molecule has 2 atom stereocenters. The summed E-state index contributed by atoms with van der Waals surface area (Å²) in [5.41, 5.74) is 0.0925. The van der Waals surface area contributed by atoms with Crippen LogP contribution in [0.1, 0.15) is 43.1 Å². The van der Waals surface area contributed by atoms with Gasteiger partial charge in [0.2, 0.25) is 5.91 Å². The molecule has 2 N–H and O–H groups in total. The van der Waals surface area contributed by atoms with Gasteiger partial charge in [0, 0.05) is 49.3 Å². The Balaban J connectivity index is 1.41. The highest BCUT2D eigenvalue weighted by Gasteiger charge is 2.31. The van der Waals surface area contributed by atoms with Crippen molar-refractivity contribution < 1.29 is 14.7 Å². The number of nitrogens with one attached hydrogen (secondary N) is 1. The Hall–Kier alpha value is -1.16. The summed E-state index contributed by atoms with van der Waals surface area (Å²) in [6.07, 6.45) is 4.09. The number of hydrogen-bond donors (Lipinski definition) is 2. The predicted molar refractivity (Wildman–Crippen MR) is 108 cm³/mol. The predicted octanol–water partition coefficient (Wildman–Crippen LogP) is 2.00. The molecule has 1 amide bonds. The van der Waals surface area contributed by atoms with Crippen molar-refractivity contribution in [2.24, 2.45) is 0 Å². The molecule has 0 radical (unpaired) electrons. The van der Waals surface area contributed by atoms with Gasteiger partial charge >= 0.3 is 5.97 Å². The molecule has 0 aromatic carbocycles. The Morgan fingerprint density at radius 3 is 2.96 bits per heavy atom. The van der Waals surface area contributed by atoms with E-state index in [1.165, 1.54) is 42.5 Å². The SMILES string of the molecule is CCN1CCCC1CNCC1CCC(=O)N1CCSc1nc(C(=O)O)cs1. The van der Waals surface area contributed by atoms with Gasteiger partial charge in [0.25, 0.3) is 0 Å². The van der Waals surface area contributed by atoms with Crippen LogP contribution in [0.15, 0.2) is 9.72 Å². The van der Waals surface area contributed by atoms with Crippen molar-refractivity contribution >= 4 is 35.0 Å². The van der Waals surface area contributed by atoms with Crippen molar-refractivity contribution in [3.8, 4) is 0 Å². The standard InChI is InChI=1S/C18H28N4O3S2/c1-2-21-7-3-4-13(21)10-19-11-14-5-6-16(23)22(14)8-9-26-18-20-15(12-27-18)17(24)25/h12-14,19H,2-11H2,1H3,(H,24,25). The summed E-state index contributed by atoms with van der Waals surface area (Å²) < 4.78 is 0.745. The maximum atomic E-state index is 12.2. The van der Waals surface area contributed by atoms with Crippen LogP contribution >= 0.6 is 23.1 Å². The maximum Gasteiger partial charge on any atom is 0.355 e. The van der Waals surface area contributed by atoms with Crippen molar-refractivity contribution in [3.05, 3.63) is 11.1 Å². The number of carbonyl (C=O) groups excluding carboxylic acids is 1. The molecule has 1 aromatic rings. The Bertz CT molecular complexity index is 654. The summed E-state index contributed by atoms with van der Waals surface area (Å²) in [6, 6.07) is 0.893. The van der Waals surface area contributed by atoms with E-state index in [-0.39, 0.29) is 17.6 Å². The van der Waals surface area contributed by atoms with Gasteiger partial charge in [-0.3, -0.25) is 9.69 Å². The smallest absolute Gasteiger partial charge is 0.355 e. The number of nitrogens with zero attached hydrogens (tertiary/aromatic N) is 3. The quantitative estimate of drug-likeness (QED) is 0.569. The number of amides is 1. The number of thioether (sulfide) groups is 1. The molecule has 3 rings (SSSR count). The summed E-state index contributed by atoms with van der Waals surface area (Å²) in [4.78, 5) is 31.7. The summed E-state index contributed by atoms with van der Waals surface area (Å²) in [5.74, 6) is -0.0344. The van der Waals surface area contributed by atoms with Crippen molar-refractivity contribution in [2.45, 2.75) is 49.0 Å². The number of likely N-dealkylation sites (N-methyl/N-ethyl adjacent to an activating group) is 1. The number of carboxylic acid groups (broad SMARTS) is 1. The lowest BCUT2D eigenvalue weighted by molar-refractivity contribution is -0.128. The normalized spacial score (nSPS) is 23.4. The number of thiazole rings is 1. The molecule has 2 saturated heterocycles. The van der Waals surface area contributed by atoms with Gasteiger partial charge in [0.05, 0.1) is 0 Å². The molecule has 2 aliphatic rings. The summed E-state index contributed by atoms with van der Waals surface area (Å²) >= 11 is 2.86. The van der Waals surface area contributed by atoms with Crippen molar-refractivity contribution in [1.82, 2.24) is 20.1 Å². The van der Waals surface area contributed by atoms with Gasteiger partial charge < -0.3 is 15.3 Å². The fourth-order valence-electron chi connectivity index (χ4n) is 3.92. The van der Waals surface area contributed by atoms with Gasteiger partial charge in [-0.1, -0.05) is 18.7 Å². The first-order valence-electron chi connectivity index (χ1n) is 9.64. The lowest BCUT2D eigenvalue weighted by Gasteiger charge is -2.27. The average molecular weight is 413 g/mol. The van der Waals surface area contributed by atoms with Crippen LogP contribution in [0.4, 0.5) is 0 Å². The molecule has 3 heterocycles. The number of carbonyl (C=O) groups is 2. The molecule has 7 nitrogen and oxygen atoms in total. The highest BCUT2D eigenvalue weighted by molar-refractivity contribution is 8.01. The molecule has 2 aliphatic heterocycles. The minimum absolute atomic E-state index is 0.0925. The fraction of sp³-hybridized carbons (Fsp3) is 0.722. The van der Waals surface area contributed by atoms with Gasteiger partial charge in [0.1, 0.15) is 0 Å². The third-order valence-corrected chi connectivity index (χ3v) is 7.38. The number of hydrogen-bond acceptors (Lipinski definition) is 7. The summed E-state index contributed by atoms with van der Waals surface area (Å²) in [5, 5.41) is 14.1. The molecule has 9 heteroatoms. The highest BCUT2D eigenvalue weighted by atomic mass is 32.2. The van der Waals surface area contributed by atoms with Gasteiger partial charge in [-0.15, -0.1) is 11.3 Å². The molecule has 1 aromatic heterocycles. The van der Waals surface area contributed by atoms with E-state index < -0.39 is 5.97 Å². The molecule has 0 saturated carbocycles. The molecule has 150 valence electrons. The van der Waals surface area contributed by atoms with Gasteiger partial charge in [-0.05, 0) is 32.4 Å². The van der Waals surface area contributed by atoms with Crippen molar-refractivity contribution in [2.75, 3.05) is 38.5 Å². The van der Waals surface area contributed by atoms with E-state index in [9.17, 15) is 9.59 Å². The van der Waals surface area contributed by atoms with Crippen LogP contribution in [0, 0.1) is 0 Å². The molecule has 0 aliphatic carbocycles. The van der Waals surface area contributed by atoms with Crippen LogP contribution in [0.25, 0.3) is 0 Å². The monoisotopic (exact) mass is 412 g/mol. The van der Waals surface area contributed by atoms with Crippen LogP contribution in [0.5, 0.6) is 0 Å². The van der Waals surface area contributed by atoms with Gasteiger partial charge in [0.15, 0.2) is 10.0 Å². The summed E-state index contributed by atoms with van der Waals surface area (Å²) in [7, 11) is 0. The van der Waals surface area contributed by atoms with Gasteiger partial charge in [-0.25, -0.2) is 9.78 Å². The van der Waals surface area contributed by atoms with E-state index in [4.69, 9.17) is 5.11 Å². The number of rotatable bonds is 10. The molecule has 27 heavy (non-hydrogen) atoms. The highest BCUT2D eigenvalue weighted by Crippen LogP contribution is 2.25. The third kappa shape index (κ3) is 5.43. The second kappa shape index (κ2) is 9.86. The fourth-order valence-corrected chi connectivity index (χ4v) is 5.73. The zero-order valence-electron chi connectivity index (χ0n) is 15.7. The number of aromatic carboxylic acids is 1. The Morgan fingerprint density at radius 1 is 1.41 bits per heavy atom. The van der Waals surface area contributed by atoms with Crippen LogP contribution < -0.4 is 5.32 Å². The van der Waals surface area contributed by atoms with E-state index in [1.807, 2.05) is 4.90 Å². The first-order chi connectivity index (χ1) is 13.1. The second-order valence-corrected chi connectivity index (χ2v) is 9.21. The molecule has 2 unspecified atom stereocenters. The minimum atomic E-state index is -0.997. The number of likely N-dealkylation sites (tertiary alicyclic amines) is 2. The lowest BCUT2D eigenvalue weighted by Crippen LogP contribution is -2.44. The number of aromatic nitrogens is 1. The maximum absolute atomic E-state index is 12.2. The van der Waals surface area contributed by atoms with Crippen molar-refractivity contribution in [3.63, 3.8) is 0 Å². The van der Waals surface area contributed by atoms with E-state index >= 15 is 0 Å². The van der Waals surface area contributed by atoms with E-state index in [0.717, 1.165) is 36.1 Å². The van der Waals surface area contributed by atoms with E-state index in [1.54, 1.807) is 5.38 Å². The molecule has 0 spiro atoms. The number of carboxylic acids is 1. The van der Waals surface area contributed by atoms with Crippen LogP contribution in [0.2, 0.25) is 0 Å². The Labute approximate surface area is 168 Å². The Kier molecular flexibility index (Phi) is 7.51. The zero-order valence-corrected chi connectivity index (χ0v) is 17.4. The largest absolute Gasteiger partial charge is 0.476 e. The minimum Gasteiger partial charge on any atom is -0.476 e. The van der Waals surface area contributed by atoms with E-state index in [0.29, 0.717) is 19.0 Å².